The second-order valence-electron chi connectivity index (χ2n) is 8.28. The molecule has 1 fully saturated rings. The van der Waals surface area contributed by atoms with Crippen LogP contribution in [0.2, 0.25) is 5.02 Å². The number of benzene rings is 2. The van der Waals surface area contributed by atoms with Gasteiger partial charge >= 0.3 is 0 Å². The lowest BCUT2D eigenvalue weighted by atomic mass is 10.0. The SMILES string of the molecule is Cc1c(Cl)cccc1-c1ccc([C@@H]2[C@H](c3ccccn3)NC(=S)N2CC(=O)Nc2ccccc2)o1. The van der Waals surface area contributed by atoms with Crippen LogP contribution in [-0.4, -0.2) is 27.4 Å². The molecule has 2 N–H and O–H groups in total. The van der Waals surface area contributed by atoms with Crippen LogP contribution in [0.5, 0.6) is 0 Å². The van der Waals surface area contributed by atoms with E-state index in [1.54, 1.807) is 6.20 Å². The van der Waals surface area contributed by atoms with E-state index in [-0.39, 0.29) is 24.5 Å². The van der Waals surface area contributed by atoms with E-state index in [1.807, 2.05) is 90.7 Å². The third kappa shape index (κ3) is 4.78. The summed E-state index contributed by atoms with van der Waals surface area (Å²) in [4.78, 5) is 19.3. The first kappa shape index (κ1) is 23.1. The molecule has 1 aliphatic heterocycles. The molecule has 0 bridgehead atoms. The van der Waals surface area contributed by atoms with E-state index in [2.05, 4.69) is 15.6 Å². The molecule has 1 aliphatic rings. The van der Waals surface area contributed by atoms with E-state index < -0.39 is 0 Å². The Morgan fingerprint density at radius 2 is 1.89 bits per heavy atom. The number of carbonyl (C=O) groups is 1. The summed E-state index contributed by atoms with van der Waals surface area (Å²) in [5, 5.41) is 7.41. The van der Waals surface area contributed by atoms with Gasteiger partial charge in [-0.2, -0.15) is 0 Å². The van der Waals surface area contributed by atoms with Crippen LogP contribution in [0.25, 0.3) is 11.3 Å². The average Bonchev–Trinajstić information content (AvgIpc) is 3.47. The molecule has 35 heavy (non-hydrogen) atoms. The summed E-state index contributed by atoms with van der Waals surface area (Å²) in [5.41, 5.74) is 3.39. The van der Waals surface area contributed by atoms with Crippen LogP contribution in [0.4, 0.5) is 5.69 Å². The van der Waals surface area contributed by atoms with Crippen molar-refractivity contribution in [1.29, 1.82) is 0 Å². The van der Waals surface area contributed by atoms with Gasteiger partial charge in [-0.05, 0) is 67.2 Å². The number of hydrogen-bond acceptors (Lipinski definition) is 4. The van der Waals surface area contributed by atoms with E-state index in [0.29, 0.717) is 21.7 Å². The summed E-state index contributed by atoms with van der Waals surface area (Å²) in [5.74, 6) is 1.20. The lowest BCUT2D eigenvalue weighted by Crippen LogP contribution is -2.36. The number of rotatable bonds is 6. The van der Waals surface area contributed by atoms with Gasteiger partial charge in [-0.1, -0.05) is 48.0 Å². The molecule has 2 atom stereocenters. The number of halogens is 1. The Kier molecular flexibility index (Phi) is 6.53. The lowest BCUT2D eigenvalue weighted by Gasteiger charge is -2.25. The molecular weight excluding hydrogens is 480 g/mol. The molecule has 0 saturated carbocycles. The van der Waals surface area contributed by atoms with Crippen LogP contribution in [0.3, 0.4) is 0 Å². The highest BCUT2D eigenvalue weighted by atomic mass is 35.5. The monoisotopic (exact) mass is 502 g/mol. The van der Waals surface area contributed by atoms with Gasteiger partial charge in [0.2, 0.25) is 5.91 Å². The van der Waals surface area contributed by atoms with Crippen LogP contribution >= 0.6 is 23.8 Å². The Morgan fingerprint density at radius 1 is 1.09 bits per heavy atom. The third-order valence-electron chi connectivity index (χ3n) is 6.02. The molecule has 0 aliphatic carbocycles. The Bertz CT molecular complexity index is 1360. The van der Waals surface area contributed by atoms with Gasteiger partial charge in [-0.25, -0.2) is 0 Å². The molecule has 176 valence electrons. The minimum absolute atomic E-state index is 0.0565. The first-order valence-corrected chi connectivity index (χ1v) is 12.0. The second-order valence-corrected chi connectivity index (χ2v) is 9.08. The number of aromatic nitrogens is 1. The van der Waals surface area contributed by atoms with Crippen molar-refractivity contribution < 1.29 is 9.21 Å². The van der Waals surface area contributed by atoms with Gasteiger partial charge in [0, 0.05) is 22.5 Å². The Morgan fingerprint density at radius 3 is 2.66 bits per heavy atom. The number of anilines is 1. The molecule has 3 heterocycles. The predicted octanol–water partition coefficient (Wildman–Crippen LogP) is 5.91. The van der Waals surface area contributed by atoms with Crippen molar-refractivity contribution in [2.75, 3.05) is 11.9 Å². The summed E-state index contributed by atoms with van der Waals surface area (Å²) in [6.45, 7) is 2.02. The zero-order chi connectivity index (χ0) is 24.4. The van der Waals surface area contributed by atoms with Crippen molar-refractivity contribution in [2.45, 2.75) is 19.0 Å². The molecule has 0 unspecified atom stereocenters. The van der Waals surface area contributed by atoms with Crippen molar-refractivity contribution >= 4 is 40.5 Å². The maximum Gasteiger partial charge on any atom is 0.244 e. The Balaban J connectivity index is 1.48. The Labute approximate surface area is 213 Å². The quantitative estimate of drug-likeness (QED) is 0.319. The first-order valence-electron chi connectivity index (χ1n) is 11.2. The standard InChI is InChI=1S/C27H23ClN4O2S/c1-17-19(10-7-11-20(17)28)22-13-14-23(34-22)26-25(21-12-5-6-15-29-21)31-27(35)32(26)16-24(33)30-18-8-3-2-4-9-18/h2-15,25-26H,16H2,1H3,(H,30,33)(H,31,35)/t25-,26+/m0/s1. The fraction of sp³-hybridized carbons (Fsp3) is 0.148. The number of furan rings is 1. The van der Waals surface area contributed by atoms with Gasteiger partial charge in [0.1, 0.15) is 24.1 Å². The van der Waals surface area contributed by atoms with Gasteiger partial charge in [0.25, 0.3) is 0 Å². The van der Waals surface area contributed by atoms with Crippen LogP contribution < -0.4 is 10.6 Å². The first-order chi connectivity index (χ1) is 17.0. The number of nitrogens with one attached hydrogen (secondary N) is 2. The van der Waals surface area contributed by atoms with Gasteiger partial charge in [0.05, 0.1) is 11.7 Å². The molecule has 0 spiro atoms. The van der Waals surface area contributed by atoms with Crippen molar-refractivity contribution in [3.8, 4) is 11.3 Å². The Hall–Kier alpha value is -3.68. The second kappa shape index (κ2) is 9.90. The van der Waals surface area contributed by atoms with E-state index >= 15 is 0 Å². The number of thiocarbonyl (C=S) groups is 1. The summed E-state index contributed by atoms with van der Waals surface area (Å²) in [6, 6.07) is 24.0. The molecule has 5 rings (SSSR count). The number of nitrogens with zero attached hydrogens (tertiary/aromatic N) is 2. The average molecular weight is 503 g/mol. The van der Waals surface area contributed by atoms with E-state index in [1.165, 1.54) is 0 Å². The fourth-order valence-corrected chi connectivity index (χ4v) is 4.77. The third-order valence-corrected chi connectivity index (χ3v) is 6.78. The molecule has 0 radical (unpaired) electrons. The highest BCUT2D eigenvalue weighted by molar-refractivity contribution is 7.80. The molecule has 2 aromatic heterocycles. The van der Waals surface area contributed by atoms with Crippen molar-refractivity contribution in [3.05, 3.63) is 107 Å². The van der Waals surface area contributed by atoms with Crippen LogP contribution in [0.15, 0.2) is 89.5 Å². The van der Waals surface area contributed by atoms with Crippen molar-refractivity contribution in [3.63, 3.8) is 0 Å². The van der Waals surface area contributed by atoms with Gasteiger partial charge in [-0.3, -0.25) is 9.78 Å². The minimum atomic E-state index is -0.368. The largest absolute Gasteiger partial charge is 0.459 e. The number of carbonyl (C=O) groups excluding carboxylic acids is 1. The highest BCUT2D eigenvalue weighted by Gasteiger charge is 2.42. The fourth-order valence-electron chi connectivity index (χ4n) is 4.29. The zero-order valence-electron chi connectivity index (χ0n) is 18.9. The lowest BCUT2D eigenvalue weighted by molar-refractivity contribution is -0.116. The molecule has 4 aromatic rings. The van der Waals surface area contributed by atoms with Gasteiger partial charge < -0.3 is 20.0 Å². The maximum absolute atomic E-state index is 12.9. The van der Waals surface area contributed by atoms with E-state index in [0.717, 1.165) is 22.5 Å². The summed E-state index contributed by atoms with van der Waals surface area (Å²) >= 11 is 12.0. The van der Waals surface area contributed by atoms with Crippen molar-refractivity contribution in [2.24, 2.45) is 0 Å². The predicted molar refractivity (Wildman–Crippen MR) is 141 cm³/mol. The van der Waals surface area contributed by atoms with Gasteiger partial charge in [0.15, 0.2) is 5.11 Å². The van der Waals surface area contributed by atoms with Gasteiger partial charge in [-0.15, -0.1) is 0 Å². The molecular formula is C27H23ClN4O2S. The summed E-state index contributed by atoms with van der Waals surface area (Å²) < 4.78 is 6.36. The topological polar surface area (TPSA) is 70.4 Å². The van der Waals surface area contributed by atoms with E-state index in [9.17, 15) is 4.79 Å². The minimum Gasteiger partial charge on any atom is -0.459 e. The molecule has 2 aromatic carbocycles. The number of hydrogen-bond donors (Lipinski definition) is 2. The van der Waals surface area contributed by atoms with Crippen molar-refractivity contribution in [1.82, 2.24) is 15.2 Å². The van der Waals surface area contributed by atoms with Crippen LogP contribution in [0.1, 0.15) is 29.1 Å². The van der Waals surface area contributed by atoms with Crippen LogP contribution in [-0.2, 0) is 4.79 Å². The van der Waals surface area contributed by atoms with E-state index in [4.69, 9.17) is 28.2 Å². The normalized spacial score (nSPS) is 17.3. The summed E-state index contributed by atoms with van der Waals surface area (Å²) in [6.07, 6.45) is 1.74. The molecule has 8 heteroatoms. The number of pyridine rings is 1. The smallest absolute Gasteiger partial charge is 0.244 e. The zero-order valence-corrected chi connectivity index (χ0v) is 20.5. The number of para-hydroxylation sites is 1. The highest BCUT2D eigenvalue weighted by Crippen LogP contribution is 2.41. The molecule has 1 amide bonds. The number of amides is 1. The molecule has 6 nitrogen and oxygen atoms in total. The molecule has 1 saturated heterocycles. The summed E-state index contributed by atoms with van der Waals surface area (Å²) in [7, 11) is 0. The van der Waals surface area contributed by atoms with Crippen LogP contribution in [0, 0.1) is 6.92 Å². The maximum atomic E-state index is 12.9.